The van der Waals surface area contributed by atoms with Gasteiger partial charge < -0.3 is 5.73 Å². The Morgan fingerprint density at radius 3 is 2.39 bits per heavy atom. The zero-order valence-corrected chi connectivity index (χ0v) is 10.9. The summed E-state index contributed by atoms with van der Waals surface area (Å²) in [6, 6.07) is 15.5. The van der Waals surface area contributed by atoms with Gasteiger partial charge in [-0.05, 0) is 17.2 Å². The van der Waals surface area contributed by atoms with Gasteiger partial charge in [0.2, 0.25) is 0 Å². The van der Waals surface area contributed by atoms with Crippen molar-refractivity contribution in [2.45, 2.75) is 18.1 Å². The lowest BCUT2D eigenvalue weighted by Crippen LogP contribution is -2.00. The molecule has 0 aliphatic rings. The van der Waals surface area contributed by atoms with Crippen LogP contribution in [0.15, 0.2) is 48.5 Å². The molecule has 2 N–H and O–H groups in total. The Hall–Kier alpha value is -1.32. The van der Waals surface area contributed by atoms with E-state index in [9.17, 15) is 4.39 Å². The van der Waals surface area contributed by atoms with Gasteiger partial charge in [0.1, 0.15) is 5.82 Å². The molecule has 0 spiro atoms. The highest BCUT2D eigenvalue weighted by Crippen LogP contribution is 2.19. The molecule has 0 heterocycles. The number of benzene rings is 2. The van der Waals surface area contributed by atoms with Gasteiger partial charge in [0, 0.05) is 23.6 Å². The normalized spacial score (nSPS) is 10.6. The number of hydrogen-bond donors (Lipinski definition) is 1. The fraction of sp³-hybridized carbons (Fsp3) is 0.200. The van der Waals surface area contributed by atoms with Crippen LogP contribution in [0.1, 0.15) is 16.7 Å². The van der Waals surface area contributed by atoms with Gasteiger partial charge in [-0.15, -0.1) is 0 Å². The van der Waals surface area contributed by atoms with Gasteiger partial charge in [0.05, 0.1) is 0 Å². The monoisotopic (exact) mass is 261 g/mol. The molecular weight excluding hydrogens is 245 g/mol. The second-order valence-corrected chi connectivity index (χ2v) is 5.09. The summed E-state index contributed by atoms with van der Waals surface area (Å²) in [6.45, 7) is 0.253. The van der Waals surface area contributed by atoms with Crippen LogP contribution in [-0.2, 0) is 18.1 Å². The van der Waals surface area contributed by atoms with Gasteiger partial charge in [0.25, 0.3) is 0 Å². The van der Waals surface area contributed by atoms with Crippen LogP contribution in [0.5, 0.6) is 0 Å². The Kier molecular flexibility index (Phi) is 4.79. The average Bonchev–Trinajstić information content (AvgIpc) is 2.42. The summed E-state index contributed by atoms with van der Waals surface area (Å²) in [7, 11) is 0. The average molecular weight is 261 g/mol. The van der Waals surface area contributed by atoms with Crippen molar-refractivity contribution in [3.63, 3.8) is 0 Å². The van der Waals surface area contributed by atoms with E-state index >= 15 is 0 Å². The van der Waals surface area contributed by atoms with Crippen molar-refractivity contribution in [3.05, 3.63) is 71.0 Å². The quantitative estimate of drug-likeness (QED) is 0.887. The first-order chi connectivity index (χ1) is 8.79. The van der Waals surface area contributed by atoms with E-state index < -0.39 is 0 Å². The molecule has 0 aromatic heterocycles. The molecule has 18 heavy (non-hydrogen) atoms. The van der Waals surface area contributed by atoms with Crippen LogP contribution in [-0.4, -0.2) is 0 Å². The molecule has 0 saturated carbocycles. The molecule has 3 heteroatoms. The van der Waals surface area contributed by atoms with Crippen LogP contribution in [0.2, 0.25) is 0 Å². The molecule has 0 saturated heterocycles. The van der Waals surface area contributed by atoms with Crippen LogP contribution in [0, 0.1) is 5.82 Å². The molecule has 1 nitrogen and oxygen atoms in total. The Morgan fingerprint density at radius 1 is 0.944 bits per heavy atom. The van der Waals surface area contributed by atoms with Crippen LogP contribution in [0.4, 0.5) is 4.39 Å². The van der Waals surface area contributed by atoms with Crippen molar-refractivity contribution >= 4 is 11.8 Å². The van der Waals surface area contributed by atoms with E-state index in [-0.39, 0.29) is 12.4 Å². The molecule has 0 amide bonds. The molecule has 94 valence electrons. The SMILES string of the molecule is NCc1cc(CSCc2ccccc2)ccc1F. The highest BCUT2D eigenvalue weighted by atomic mass is 32.2. The fourth-order valence-electron chi connectivity index (χ4n) is 1.74. The maximum atomic E-state index is 13.3. The van der Waals surface area contributed by atoms with E-state index in [1.54, 1.807) is 0 Å². The van der Waals surface area contributed by atoms with Gasteiger partial charge in [-0.25, -0.2) is 4.39 Å². The fourth-order valence-corrected chi connectivity index (χ4v) is 2.68. The van der Waals surface area contributed by atoms with E-state index in [1.807, 2.05) is 42.1 Å². The summed E-state index contributed by atoms with van der Waals surface area (Å²) >= 11 is 1.82. The molecule has 0 aliphatic heterocycles. The number of thioether (sulfide) groups is 1. The summed E-state index contributed by atoms with van der Waals surface area (Å²) in [5.74, 6) is 1.63. The summed E-state index contributed by atoms with van der Waals surface area (Å²) in [4.78, 5) is 0. The molecule has 2 aromatic carbocycles. The number of hydrogen-bond acceptors (Lipinski definition) is 2. The smallest absolute Gasteiger partial charge is 0.127 e. The maximum Gasteiger partial charge on any atom is 0.127 e. The molecular formula is C15H16FNS. The molecule has 2 aromatic rings. The molecule has 0 unspecified atom stereocenters. The Bertz CT molecular complexity index is 499. The minimum Gasteiger partial charge on any atom is -0.326 e. The van der Waals surface area contributed by atoms with Crippen LogP contribution in [0.25, 0.3) is 0 Å². The van der Waals surface area contributed by atoms with Crippen molar-refractivity contribution in [2.24, 2.45) is 5.73 Å². The number of rotatable bonds is 5. The van der Waals surface area contributed by atoms with Gasteiger partial charge in [-0.2, -0.15) is 11.8 Å². The molecule has 0 bridgehead atoms. The van der Waals surface area contributed by atoms with E-state index in [2.05, 4.69) is 12.1 Å². The second kappa shape index (κ2) is 6.57. The predicted molar refractivity (Wildman–Crippen MR) is 75.7 cm³/mol. The third-order valence-electron chi connectivity index (χ3n) is 2.71. The van der Waals surface area contributed by atoms with Crippen LogP contribution >= 0.6 is 11.8 Å². The summed E-state index contributed by atoms with van der Waals surface area (Å²) < 4.78 is 13.3. The largest absolute Gasteiger partial charge is 0.326 e. The zero-order valence-electron chi connectivity index (χ0n) is 10.1. The van der Waals surface area contributed by atoms with Crippen LogP contribution in [0.3, 0.4) is 0 Å². The van der Waals surface area contributed by atoms with Gasteiger partial charge in [0.15, 0.2) is 0 Å². The zero-order chi connectivity index (χ0) is 12.8. The lowest BCUT2D eigenvalue weighted by molar-refractivity contribution is 0.610. The highest BCUT2D eigenvalue weighted by Gasteiger charge is 2.02. The summed E-state index contributed by atoms with van der Waals surface area (Å²) in [6.07, 6.45) is 0. The van der Waals surface area contributed by atoms with Crippen molar-refractivity contribution in [1.82, 2.24) is 0 Å². The first-order valence-corrected chi connectivity index (χ1v) is 7.04. The summed E-state index contributed by atoms with van der Waals surface area (Å²) in [5.41, 5.74) is 8.51. The minimum atomic E-state index is -0.214. The standard InChI is InChI=1S/C15H16FNS/c16-15-7-6-13(8-14(15)9-17)11-18-10-12-4-2-1-3-5-12/h1-8H,9-11,17H2. The molecule has 0 radical (unpaired) electrons. The maximum absolute atomic E-state index is 13.3. The predicted octanol–water partition coefficient (Wildman–Crippen LogP) is 3.72. The highest BCUT2D eigenvalue weighted by molar-refractivity contribution is 7.97. The molecule has 2 rings (SSSR count). The lowest BCUT2D eigenvalue weighted by atomic mass is 10.1. The van der Waals surface area contributed by atoms with E-state index in [4.69, 9.17) is 5.73 Å². The van der Waals surface area contributed by atoms with Gasteiger partial charge in [-0.1, -0.05) is 42.5 Å². The first kappa shape index (κ1) is 13.1. The van der Waals surface area contributed by atoms with Crippen molar-refractivity contribution < 1.29 is 4.39 Å². The van der Waals surface area contributed by atoms with Crippen molar-refractivity contribution in [3.8, 4) is 0 Å². The van der Waals surface area contributed by atoms with Crippen molar-refractivity contribution in [2.75, 3.05) is 0 Å². The van der Waals surface area contributed by atoms with Gasteiger partial charge in [-0.3, -0.25) is 0 Å². The summed E-state index contributed by atoms with van der Waals surface area (Å²) in [5, 5.41) is 0. The topological polar surface area (TPSA) is 26.0 Å². The Labute approximate surface area is 111 Å². The molecule has 0 fully saturated rings. The van der Waals surface area contributed by atoms with E-state index in [1.165, 1.54) is 11.6 Å². The molecule has 0 atom stereocenters. The third-order valence-corrected chi connectivity index (χ3v) is 3.79. The lowest BCUT2D eigenvalue weighted by Gasteiger charge is -2.05. The van der Waals surface area contributed by atoms with Gasteiger partial charge >= 0.3 is 0 Å². The van der Waals surface area contributed by atoms with E-state index in [0.29, 0.717) is 5.56 Å². The second-order valence-electron chi connectivity index (χ2n) is 4.11. The van der Waals surface area contributed by atoms with Crippen molar-refractivity contribution in [1.29, 1.82) is 0 Å². The molecule has 0 aliphatic carbocycles. The Balaban J connectivity index is 1.91. The first-order valence-electron chi connectivity index (χ1n) is 5.88. The minimum absolute atomic E-state index is 0.214. The third kappa shape index (κ3) is 3.59. The van der Waals surface area contributed by atoms with Crippen LogP contribution < -0.4 is 5.73 Å². The number of nitrogens with two attached hydrogens (primary N) is 1. The Morgan fingerprint density at radius 2 is 1.67 bits per heavy atom. The van der Waals surface area contributed by atoms with E-state index in [0.717, 1.165) is 17.1 Å². The number of halogens is 1.